The maximum Gasteiger partial charge on any atom is 0.341 e. The van der Waals surface area contributed by atoms with Crippen molar-refractivity contribution in [1.82, 2.24) is 15.6 Å². The number of hydrogen-bond donors (Lipinski definition) is 1. The molecule has 0 atom stereocenters. The highest BCUT2D eigenvalue weighted by Gasteiger charge is 1.91. The number of hydrogen-bond acceptors (Lipinski definition) is 5. The van der Waals surface area contributed by atoms with Crippen LogP contribution in [0.3, 0.4) is 0 Å². The van der Waals surface area contributed by atoms with E-state index in [2.05, 4.69) is 25.4 Å². The first-order valence-corrected chi connectivity index (χ1v) is 2.32. The lowest BCUT2D eigenvalue weighted by Gasteiger charge is -1.87. The maximum atomic E-state index is 4.49. The molecule has 0 aliphatic rings. The number of anilines is 1. The summed E-state index contributed by atoms with van der Waals surface area (Å²) in [6.07, 6.45) is 0. The van der Waals surface area contributed by atoms with Crippen molar-refractivity contribution in [3.63, 3.8) is 0 Å². The molecule has 1 aromatic heterocycles. The Labute approximate surface area is 46.1 Å². The fraction of sp³-hybridized carbons (Fsp3) is 0.667. The van der Waals surface area contributed by atoms with Gasteiger partial charge in [0.2, 0.25) is 0 Å². The molecule has 1 rings (SSSR count). The van der Waals surface area contributed by atoms with E-state index in [1.165, 1.54) is 0 Å². The van der Waals surface area contributed by atoms with Gasteiger partial charge in [-0.3, -0.25) is 4.52 Å². The number of rotatable bonds is 2. The Balaban J connectivity index is 2.50. The zero-order chi connectivity index (χ0) is 5.82. The van der Waals surface area contributed by atoms with Crippen molar-refractivity contribution in [3.05, 3.63) is 0 Å². The summed E-state index contributed by atoms with van der Waals surface area (Å²) in [4.78, 5) is 0. The molecule has 0 aromatic carbocycles. The molecule has 0 aliphatic heterocycles. The van der Waals surface area contributed by atoms with Crippen LogP contribution < -0.4 is 5.32 Å². The van der Waals surface area contributed by atoms with Gasteiger partial charge in [0, 0.05) is 6.54 Å². The molecule has 0 bridgehead atoms. The van der Waals surface area contributed by atoms with E-state index in [0.29, 0.717) is 6.01 Å². The molecule has 0 saturated carbocycles. The van der Waals surface area contributed by atoms with Crippen LogP contribution in [0.25, 0.3) is 0 Å². The zero-order valence-electron chi connectivity index (χ0n) is 4.46. The van der Waals surface area contributed by atoms with E-state index in [-0.39, 0.29) is 0 Å². The van der Waals surface area contributed by atoms with Gasteiger partial charge in [0.05, 0.1) is 5.27 Å². The Morgan fingerprint density at radius 3 is 3.12 bits per heavy atom. The molecule has 44 valence electrons. The predicted molar refractivity (Wildman–Crippen MR) is 26.3 cm³/mol. The van der Waals surface area contributed by atoms with Crippen LogP contribution in [-0.2, 0) is 0 Å². The monoisotopic (exact) mass is 114 g/mol. The van der Waals surface area contributed by atoms with Crippen LogP contribution in [0.4, 0.5) is 6.01 Å². The van der Waals surface area contributed by atoms with Gasteiger partial charge in [-0.1, -0.05) is 5.10 Å². The van der Waals surface area contributed by atoms with E-state index >= 15 is 0 Å². The third-order valence-electron chi connectivity index (χ3n) is 0.627. The fourth-order valence-corrected chi connectivity index (χ4v) is 0.353. The van der Waals surface area contributed by atoms with Crippen molar-refractivity contribution >= 4 is 6.01 Å². The third-order valence-corrected chi connectivity index (χ3v) is 0.627. The molecule has 0 unspecified atom stereocenters. The molecule has 1 aromatic rings. The number of nitrogens with zero attached hydrogens (tertiary/aromatic N) is 3. The molecule has 0 aliphatic carbocycles. The van der Waals surface area contributed by atoms with Gasteiger partial charge < -0.3 is 5.32 Å². The van der Waals surface area contributed by atoms with Crippen molar-refractivity contribution in [2.45, 2.75) is 6.92 Å². The largest absolute Gasteiger partial charge is 0.341 e. The molecule has 5 heteroatoms. The van der Waals surface area contributed by atoms with Crippen LogP contribution in [0.1, 0.15) is 6.92 Å². The lowest BCUT2D eigenvalue weighted by atomic mass is 10.8. The van der Waals surface area contributed by atoms with Gasteiger partial charge >= 0.3 is 6.01 Å². The van der Waals surface area contributed by atoms with Gasteiger partial charge in [0.15, 0.2) is 0 Å². The summed E-state index contributed by atoms with van der Waals surface area (Å²) in [5, 5.41) is 12.6. The summed E-state index contributed by atoms with van der Waals surface area (Å²) < 4.78 is 4.49. The van der Waals surface area contributed by atoms with Gasteiger partial charge in [0.25, 0.3) is 0 Å². The minimum absolute atomic E-state index is 0.368. The summed E-state index contributed by atoms with van der Waals surface area (Å²) in [5.41, 5.74) is 0. The smallest absolute Gasteiger partial charge is 0.337 e. The standard InChI is InChI=1S/C3H6N4O/c1-2-4-3-5-6-7-8-3/h2H2,1H3,(H,4,5,7). The normalized spacial score (nSPS) is 9.12. The van der Waals surface area contributed by atoms with Gasteiger partial charge in [-0.15, -0.1) is 0 Å². The van der Waals surface area contributed by atoms with Crippen LogP contribution in [0.2, 0.25) is 0 Å². The summed E-state index contributed by atoms with van der Waals surface area (Å²) in [7, 11) is 0. The Hall–Kier alpha value is -1.13. The first-order valence-electron chi connectivity index (χ1n) is 2.32. The highest BCUT2D eigenvalue weighted by Crippen LogP contribution is 1.92. The first-order chi connectivity index (χ1) is 3.93. The summed E-state index contributed by atoms with van der Waals surface area (Å²) in [6, 6.07) is 0.368. The predicted octanol–water partition coefficient (Wildman–Crippen LogP) is -0.104. The highest BCUT2D eigenvalue weighted by molar-refractivity contribution is 5.12. The Morgan fingerprint density at radius 2 is 2.62 bits per heavy atom. The molecule has 1 N–H and O–H groups in total. The van der Waals surface area contributed by atoms with E-state index in [0.717, 1.165) is 6.54 Å². The van der Waals surface area contributed by atoms with E-state index < -0.39 is 0 Å². The summed E-state index contributed by atoms with van der Waals surface area (Å²) in [5.74, 6) is 0. The molecule has 0 saturated heterocycles. The fourth-order valence-electron chi connectivity index (χ4n) is 0.353. The SMILES string of the molecule is CCNc1nnno1. The average Bonchev–Trinajstić information content (AvgIpc) is 2.19. The molecule has 0 fully saturated rings. The molecular formula is C3H6N4O. The maximum absolute atomic E-state index is 4.49. The molecular weight excluding hydrogens is 108 g/mol. The number of aromatic nitrogens is 3. The summed E-state index contributed by atoms with van der Waals surface area (Å²) >= 11 is 0. The van der Waals surface area contributed by atoms with Crippen LogP contribution >= 0.6 is 0 Å². The molecule has 1 heterocycles. The van der Waals surface area contributed by atoms with Crippen molar-refractivity contribution in [2.75, 3.05) is 11.9 Å². The lowest BCUT2D eigenvalue weighted by molar-refractivity contribution is 0.404. The molecule has 0 amide bonds. The van der Waals surface area contributed by atoms with E-state index in [1.54, 1.807) is 0 Å². The topological polar surface area (TPSA) is 63.8 Å². The minimum atomic E-state index is 0.368. The van der Waals surface area contributed by atoms with Gasteiger partial charge in [-0.2, -0.15) is 0 Å². The van der Waals surface area contributed by atoms with Gasteiger partial charge in [0.1, 0.15) is 0 Å². The van der Waals surface area contributed by atoms with Gasteiger partial charge in [-0.25, -0.2) is 0 Å². The molecule has 8 heavy (non-hydrogen) atoms. The first kappa shape index (κ1) is 5.02. The van der Waals surface area contributed by atoms with Crippen LogP contribution in [0, 0.1) is 0 Å². The second-order valence-corrected chi connectivity index (χ2v) is 1.20. The van der Waals surface area contributed by atoms with E-state index in [1.807, 2.05) is 6.92 Å². The Kier molecular flexibility index (Phi) is 1.41. The van der Waals surface area contributed by atoms with E-state index in [4.69, 9.17) is 0 Å². The Morgan fingerprint density at radius 1 is 1.75 bits per heavy atom. The Bertz CT molecular complexity index is 137. The quantitative estimate of drug-likeness (QED) is 0.581. The number of nitrogens with one attached hydrogen (secondary N) is 1. The zero-order valence-corrected chi connectivity index (χ0v) is 4.46. The summed E-state index contributed by atoms with van der Waals surface area (Å²) in [6.45, 7) is 2.70. The highest BCUT2D eigenvalue weighted by atomic mass is 16.5. The van der Waals surface area contributed by atoms with Crippen molar-refractivity contribution in [2.24, 2.45) is 0 Å². The van der Waals surface area contributed by atoms with Gasteiger partial charge in [-0.05, 0) is 12.1 Å². The second-order valence-electron chi connectivity index (χ2n) is 1.20. The minimum Gasteiger partial charge on any atom is -0.337 e. The average molecular weight is 114 g/mol. The van der Waals surface area contributed by atoms with Crippen molar-refractivity contribution < 1.29 is 4.52 Å². The second kappa shape index (κ2) is 2.25. The van der Waals surface area contributed by atoms with Crippen LogP contribution in [0.5, 0.6) is 0 Å². The molecule has 5 nitrogen and oxygen atoms in total. The van der Waals surface area contributed by atoms with Crippen molar-refractivity contribution in [1.29, 1.82) is 0 Å². The van der Waals surface area contributed by atoms with Crippen LogP contribution in [0.15, 0.2) is 4.52 Å². The molecule has 0 radical (unpaired) electrons. The van der Waals surface area contributed by atoms with E-state index in [9.17, 15) is 0 Å². The van der Waals surface area contributed by atoms with Crippen LogP contribution in [-0.4, -0.2) is 22.1 Å². The third kappa shape index (κ3) is 0.927. The molecule has 0 spiro atoms. The lowest BCUT2D eigenvalue weighted by Crippen LogP contribution is -1.95. The van der Waals surface area contributed by atoms with Crippen molar-refractivity contribution in [3.8, 4) is 0 Å².